The van der Waals surface area contributed by atoms with E-state index in [1.54, 1.807) is 0 Å². The van der Waals surface area contributed by atoms with E-state index in [0.717, 1.165) is 31.5 Å². The van der Waals surface area contributed by atoms with Gasteiger partial charge < -0.3 is 10.4 Å². The molecule has 0 spiro atoms. The SMILES string of the molecule is Cc1ccc(CNC(=O)CN2CCC(O)CC2)cc1. The molecule has 0 radical (unpaired) electrons. The number of aliphatic hydroxyl groups is 1. The fraction of sp³-hybridized carbons (Fsp3) is 0.533. The second-order valence-electron chi connectivity index (χ2n) is 5.27. The number of rotatable bonds is 4. The molecular formula is C15H22N2O2. The fourth-order valence-corrected chi connectivity index (χ4v) is 2.24. The van der Waals surface area contributed by atoms with Crippen molar-refractivity contribution in [2.75, 3.05) is 19.6 Å². The van der Waals surface area contributed by atoms with Crippen molar-refractivity contribution in [3.05, 3.63) is 35.4 Å². The predicted octanol–water partition coefficient (Wildman–Crippen LogP) is 1.07. The van der Waals surface area contributed by atoms with Gasteiger partial charge in [0, 0.05) is 19.6 Å². The first kappa shape index (κ1) is 14.0. The number of nitrogens with one attached hydrogen (secondary N) is 1. The number of hydrogen-bond donors (Lipinski definition) is 2. The number of nitrogens with zero attached hydrogens (tertiary/aromatic N) is 1. The molecule has 0 atom stereocenters. The summed E-state index contributed by atoms with van der Waals surface area (Å²) in [5.74, 6) is 0.0527. The van der Waals surface area contributed by atoms with Gasteiger partial charge in [-0.3, -0.25) is 9.69 Å². The van der Waals surface area contributed by atoms with Gasteiger partial charge in [-0.05, 0) is 25.3 Å². The molecular weight excluding hydrogens is 240 g/mol. The number of likely N-dealkylation sites (tertiary alicyclic amines) is 1. The van der Waals surface area contributed by atoms with E-state index in [1.165, 1.54) is 5.56 Å². The predicted molar refractivity (Wildman–Crippen MR) is 74.7 cm³/mol. The molecule has 0 aromatic heterocycles. The lowest BCUT2D eigenvalue weighted by molar-refractivity contribution is -0.122. The highest BCUT2D eigenvalue weighted by Gasteiger charge is 2.18. The summed E-state index contributed by atoms with van der Waals surface area (Å²) < 4.78 is 0. The average molecular weight is 262 g/mol. The van der Waals surface area contributed by atoms with E-state index in [0.29, 0.717) is 13.1 Å². The van der Waals surface area contributed by atoms with Crippen molar-refractivity contribution in [2.45, 2.75) is 32.4 Å². The Morgan fingerprint density at radius 1 is 1.32 bits per heavy atom. The van der Waals surface area contributed by atoms with E-state index in [4.69, 9.17) is 0 Å². The van der Waals surface area contributed by atoms with Crippen molar-refractivity contribution >= 4 is 5.91 Å². The number of hydrogen-bond acceptors (Lipinski definition) is 3. The highest BCUT2D eigenvalue weighted by Crippen LogP contribution is 2.09. The molecule has 2 N–H and O–H groups in total. The zero-order valence-electron chi connectivity index (χ0n) is 11.4. The molecule has 104 valence electrons. The number of aryl methyl sites for hydroxylation is 1. The zero-order valence-corrected chi connectivity index (χ0v) is 11.4. The summed E-state index contributed by atoms with van der Waals surface area (Å²) >= 11 is 0. The zero-order chi connectivity index (χ0) is 13.7. The fourth-order valence-electron chi connectivity index (χ4n) is 2.24. The topological polar surface area (TPSA) is 52.6 Å². The summed E-state index contributed by atoms with van der Waals surface area (Å²) in [5, 5.41) is 12.3. The Morgan fingerprint density at radius 2 is 1.95 bits per heavy atom. The van der Waals surface area contributed by atoms with Crippen molar-refractivity contribution in [3.63, 3.8) is 0 Å². The Bertz CT molecular complexity index is 409. The first-order valence-electron chi connectivity index (χ1n) is 6.86. The van der Waals surface area contributed by atoms with Crippen LogP contribution in [0.2, 0.25) is 0 Å². The van der Waals surface area contributed by atoms with E-state index in [1.807, 2.05) is 31.2 Å². The molecule has 19 heavy (non-hydrogen) atoms. The number of aliphatic hydroxyl groups excluding tert-OH is 1. The van der Waals surface area contributed by atoms with Crippen LogP contribution < -0.4 is 5.32 Å². The summed E-state index contributed by atoms with van der Waals surface area (Å²) in [5.41, 5.74) is 2.34. The Labute approximate surface area is 114 Å². The minimum atomic E-state index is -0.188. The highest BCUT2D eigenvalue weighted by molar-refractivity contribution is 5.78. The van der Waals surface area contributed by atoms with Crippen LogP contribution in [0.25, 0.3) is 0 Å². The standard InChI is InChI=1S/C15H22N2O2/c1-12-2-4-13(5-3-12)10-16-15(19)11-17-8-6-14(18)7-9-17/h2-5,14,18H,6-11H2,1H3,(H,16,19). The quantitative estimate of drug-likeness (QED) is 0.853. The van der Waals surface area contributed by atoms with Crippen LogP contribution in [0, 0.1) is 6.92 Å². The number of amides is 1. The third-order valence-electron chi connectivity index (χ3n) is 3.53. The maximum Gasteiger partial charge on any atom is 0.234 e. The molecule has 1 amide bonds. The summed E-state index contributed by atoms with van der Waals surface area (Å²) in [4.78, 5) is 13.9. The lowest BCUT2D eigenvalue weighted by Crippen LogP contribution is -2.42. The Kier molecular flexibility index (Phi) is 4.93. The summed E-state index contributed by atoms with van der Waals surface area (Å²) in [6.07, 6.45) is 1.35. The lowest BCUT2D eigenvalue weighted by Gasteiger charge is -2.28. The molecule has 0 saturated carbocycles. The second kappa shape index (κ2) is 6.68. The number of carbonyl (C=O) groups excluding carboxylic acids is 1. The van der Waals surface area contributed by atoms with Gasteiger partial charge in [-0.2, -0.15) is 0 Å². The van der Waals surface area contributed by atoms with Crippen LogP contribution in [-0.4, -0.2) is 41.7 Å². The lowest BCUT2D eigenvalue weighted by atomic mass is 10.1. The van der Waals surface area contributed by atoms with Crippen LogP contribution in [-0.2, 0) is 11.3 Å². The van der Waals surface area contributed by atoms with E-state index in [9.17, 15) is 9.90 Å². The largest absolute Gasteiger partial charge is 0.393 e. The first-order chi connectivity index (χ1) is 9.13. The molecule has 0 bridgehead atoms. The first-order valence-corrected chi connectivity index (χ1v) is 6.86. The molecule has 4 nitrogen and oxygen atoms in total. The molecule has 0 aliphatic carbocycles. The molecule has 2 rings (SSSR count). The third kappa shape index (κ3) is 4.65. The van der Waals surface area contributed by atoms with Gasteiger partial charge >= 0.3 is 0 Å². The maximum atomic E-state index is 11.8. The van der Waals surface area contributed by atoms with Gasteiger partial charge in [0.1, 0.15) is 0 Å². The van der Waals surface area contributed by atoms with Crippen LogP contribution >= 0.6 is 0 Å². The van der Waals surface area contributed by atoms with E-state index >= 15 is 0 Å². The summed E-state index contributed by atoms with van der Waals surface area (Å²) in [7, 11) is 0. The number of piperidine rings is 1. The second-order valence-corrected chi connectivity index (χ2v) is 5.27. The van der Waals surface area contributed by atoms with Crippen LogP contribution in [0.3, 0.4) is 0 Å². The molecule has 1 saturated heterocycles. The Morgan fingerprint density at radius 3 is 2.58 bits per heavy atom. The molecule has 4 heteroatoms. The molecule has 1 fully saturated rings. The highest BCUT2D eigenvalue weighted by atomic mass is 16.3. The van der Waals surface area contributed by atoms with Crippen molar-refractivity contribution in [3.8, 4) is 0 Å². The van der Waals surface area contributed by atoms with Crippen LogP contribution in [0.1, 0.15) is 24.0 Å². The van der Waals surface area contributed by atoms with Gasteiger partial charge in [-0.1, -0.05) is 29.8 Å². The number of carbonyl (C=O) groups is 1. The third-order valence-corrected chi connectivity index (χ3v) is 3.53. The number of benzene rings is 1. The molecule has 0 unspecified atom stereocenters. The van der Waals surface area contributed by atoms with Gasteiger partial charge in [0.05, 0.1) is 12.6 Å². The van der Waals surface area contributed by atoms with Crippen molar-refractivity contribution in [1.82, 2.24) is 10.2 Å². The molecule has 1 aromatic rings. The van der Waals surface area contributed by atoms with Crippen molar-refractivity contribution in [1.29, 1.82) is 0 Å². The maximum absolute atomic E-state index is 11.8. The van der Waals surface area contributed by atoms with Gasteiger partial charge in [0.15, 0.2) is 0 Å². The normalized spacial score (nSPS) is 17.4. The van der Waals surface area contributed by atoms with Crippen LogP contribution in [0.15, 0.2) is 24.3 Å². The van der Waals surface area contributed by atoms with Crippen molar-refractivity contribution < 1.29 is 9.90 Å². The molecule has 1 aliphatic heterocycles. The average Bonchev–Trinajstić information content (AvgIpc) is 2.41. The van der Waals surface area contributed by atoms with Gasteiger partial charge in [0.25, 0.3) is 0 Å². The van der Waals surface area contributed by atoms with E-state index < -0.39 is 0 Å². The summed E-state index contributed by atoms with van der Waals surface area (Å²) in [6.45, 7) is 4.67. The molecule has 1 aromatic carbocycles. The van der Waals surface area contributed by atoms with Gasteiger partial charge in [-0.25, -0.2) is 0 Å². The minimum Gasteiger partial charge on any atom is -0.393 e. The van der Waals surface area contributed by atoms with Gasteiger partial charge in [-0.15, -0.1) is 0 Å². The molecule has 1 heterocycles. The van der Waals surface area contributed by atoms with E-state index in [2.05, 4.69) is 10.2 Å². The van der Waals surface area contributed by atoms with Crippen LogP contribution in [0.4, 0.5) is 0 Å². The smallest absolute Gasteiger partial charge is 0.234 e. The Balaban J connectivity index is 1.71. The molecule has 1 aliphatic rings. The monoisotopic (exact) mass is 262 g/mol. The van der Waals surface area contributed by atoms with Crippen LogP contribution in [0.5, 0.6) is 0 Å². The van der Waals surface area contributed by atoms with E-state index in [-0.39, 0.29) is 12.0 Å². The summed E-state index contributed by atoms with van der Waals surface area (Å²) in [6, 6.07) is 8.17. The minimum absolute atomic E-state index is 0.0527. The van der Waals surface area contributed by atoms with Gasteiger partial charge in [0.2, 0.25) is 5.91 Å². The Hall–Kier alpha value is -1.39. The van der Waals surface area contributed by atoms with Crippen molar-refractivity contribution in [2.24, 2.45) is 0 Å².